The molecule has 0 spiro atoms. The maximum Gasteiger partial charge on any atom is 0.417 e. The molecule has 35 heavy (non-hydrogen) atoms. The number of nitrogens with zero attached hydrogens (tertiary/aromatic N) is 3. The minimum absolute atomic E-state index is 0.0327. The number of carbonyl (C=O) groups excluding carboxylic acids is 1. The summed E-state index contributed by atoms with van der Waals surface area (Å²) in [6.45, 7) is 3.39. The van der Waals surface area contributed by atoms with Crippen molar-refractivity contribution in [2.24, 2.45) is 11.3 Å². The average molecular weight is 502 g/mol. The van der Waals surface area contributed by atoms with E-state index in [1.807, 2.05) is 6.07 Å². The topological polar surface area (TPSA) is 67.9 Å². The highest BCUT2D eigenvalue weighted by molar-refractivity contribution is 7.80. The zero-order valence-corrected chi connectivity index (χ0v) is 20.1. The summed E-state index contributed by atoms with van der Waals surface area (Å²) in [6, 6.07) is 11.6. The van der Waals surface area contributed by atoms with Crippen LogP contribution in [-0.2, 0) is 23.8 Å². The molecule has 3 rings (SSSR count). The number of alkyl halides is 3. The molecule has 9 heteroatoms. The smallest absolute Gasteiger partial charge is 0.274 e. The van der Waals surface area contributed by atoms with Crippen molar-refractivity contribution in [1.82, 2.24) is 0 Å². The van der Waals surface area contributed by atoms with E-state index >= 15 is 0 Å². The number of carbonyl (C=O) groups is 1. The van der Waals surface area contributed by atoms with Gasteiger partial charge in [-0.15, -0.1) is 0 Å². The van der Waals surface area contributed by atoms with Gasteiger partial charge in [0.2, 0.25) is 5.91 Å². The third-order valence-electron chi connectivity index (χ3n) is 6.40. The Morgan fingerprint density at radius 3 is 2.43 bits per heavy atom. The van der Waals surface area contributed by atoms with Crippen molar-refractivity contribution in [3.63, 3.8) is 0 Å². The summed E-state index contributed by atoms with van der Waals surface area (Å²) in [5.41, 5.74) is -1.42. The van der Waals surface area contributed by atoms with E-state index in [2.05, 4.69) is 0 Å². The number of halogens is 4. The van der Waals surface area contributed by atoms with Gasteiger partial charge in [0.15, 0.2) is 0 Å². The zero-order valence-electron chi connectivity index (χ0n) is 19.2. The average Bonchev–Trinajstić information content (AvgIpc) is 2.96. The van der Waals surface area contributed by atoms with Crippen LogP contribution in [-0.4, -0.2) is 10.9 Å². The molecule has 0 N–H and O–H groups in total. The van der Waals surface area contributed by atoms with Crippen LogP contribution in [0.4, 0.5) is 23.2 Å². The first-order valence-electron chi connectivity index (χ1n) is 11.1. The highest BCUT2D eigenvalue weighted by atomic mass is 32.1. The fourth-order valence-corrected chi connectivity index (χ4v) is 4.95. The molecule has 1 atom stereocenters. The van der Waals surface area contributed by atoms with Gasteiger partial charge in [-0.2, -0.15) is 23.7 Å². The molecule has 1 heterocycles. The number of unbranched alkanes of at least 4 members (excludes halogenated alkanes) is 1. The van der Waals surface area contributed by atoms with Crippen LogP contribution in [0.1, 0.15) is 55.4 Å². The largest absolute Gasteiger partial charge is 0.417 e. The van der Waals surface area contributed by atoms with Crippen molar-refractivity contribution in [2.45, 2.75) is 52.1 Å². The molecule has 1 aliphatic rings. The third kappa shape index (κ3) is 5.36. The van der Waals surface area contributed by atoms with Crippen LogP contribution < -0.4 is 4.90 Å². The number of amides is 1. The summed E-state index contributed by atoms with van der Waals surface area (Å²) in [4.78, 5) is 14.5. The van der Waals surface area contributed by atoms with Crippen LogP contribution in [0.5, 0.6) is 0 Å². The number of aryl methyl sites for hydroxylation is 2. The lowest BCUT2D eigenvalue weighted by Crippen LogP contribution is -2.32. The predicted molar refractivity (Wildman–Crippen MR) is 127 cm³/mol. The van der Waals surface area contributed by atoms with Crippen LogP contribution in [0.15, 0.2) is 36.4 Å². The van der Waals surface area contributed by atoms with Gasteiger partial charge in [0.25, 0.3) is 0 Å². The Morgan fingerprint density at radius 2 is 1.83 bits per heavy atom. The van der Waals surface area contributed by atoms with E-state index in [-0.39, 0.29) is 16.5 Å². The number of thiocarbonyl (C=S) groups is 1. The normalized spacial score (nSPS) is 17.4. The van der Waals surface area contributed by atoms with Gasteiger partial charge in [-0.05, 0) is 61.1 Å². The lowest BCUT2D eigenvalue weighted by molar-refractivity contribution is -0.137. The van der Waals surface area contributed by atoms with E-state index in [1.54, 1.807) is 26.0 Å². The Morgan fingerprint density at radius 1 is 1.11 bits per heavy atom. The second kappa shape index (κ2) is 10.1. The summed E-state index contributed by atoms with van der Waals surface area (Å²) in [7, 11) is 0. The van der Waals surface area contributed by atoms with Crippen molar-refractivity contribution in [3.05, 3.63) is 64.5 Å². The van der Waals surface area contributed by atoms with Crippen LogP contribution >= 0.6 is 12.2 Å². The van der Waals surface area contributed by atoms with Gasteiger partial charge in [-0.25, -0.2) is 4.39 Å². The molecule has 0 aliphatic carbocycles. The first-order valence-corrected chi connectivity index (χ1v) is 11.5. The Labute approximate surface area is 206 Å². The fourth-order valence-electron chi connectivity index (χ4n) is 4.35. The second-order valence-corrected chi connectivity index (χ2v) is 9.49. The molecular formula is C26H23F4N3OS. The Kier molecular flexibility index (Phi) is 7.62. The summed E-state index contributed by atoms with van der Waals surface area (Å²) >= 11 is 5.55. The van der Waals surface area contributed by atoms with Crippen molar-refractivity contribution >= 4 is 28.8 Å². The molecule has 2 aromatic rings. The van der Waals surface area contributed by atoms with E-state index in [4.69, 9.17) is 22.7 Å². The summed E-state index contributed by atoms with van der Waals surface area (Å²) in [5.74, 6) is -1.23. The highest BCUT2D eigenvalue weighted by Gasteiger charge is 2.51. The molecule has 1 aliphatic heterocycles. The highest BCUT2D eigenvalue weighted by Crippen LogP contribution is 2.44. The molecule has 0 radical (unpaired) electrons. The molecule has 2 aromatic carbocycles. The number of anilines is 1. The Balaban J connectivity index is 1.82. The molecule has 0 bridgehead atoms. The number of hydrogen-bond donors (Lipinski definition) is 0. The number of nitriles is 2. The molecule has 0 saturated carbocycles. The minimum Gasteiger partial charge on any atom is -0.274 e. The monoisotopic (exact) mass is 501 g/mol. The van der Waals surface area contributed by atoms with Crippen molar-refractivity contribution in [3.8, 4) is 12.1 Å². The molecular weight excluding hydrogens is 478 g/mol. The first kappa shape index (κ1) is 26.3. The molecule has 1 unspecified atom stereocenters. The van der Waals surface area contributed by atoms with Crippen LogP contribution in [0, 0.1) is 39.8 Å². The van der Waals surface area contributed by atoms with Crippen molar-refractivity contribution in [1.29, 1.82) is 10.5 Å². The van der Waals surface area contributed by atoms with E-state index in [0.29, 0.717) is 43.2 Å². The quantitative estimate of drug-likeness (QED) is 0.246. The Hall–Kier alpha value is -3.30. The van der Waals surface area contributed by atoms with Gasteiger partial charge in [-0.3, -0.25) is 9.69 Å². The number of hydrogen-bond acceptors (Lipinski definition) is 4. The summed E-state index contributed by atoms with van der Waals surface area (Å²) < 4.78 is 54.8. The predicted octanol–water partition coefficient (Wildman–Crippen LogP) is 6.51. The van der Waals surface area contributed by atoms with Gasteiger partial charge >= 0.3 is 6.18 Å². The minimum atomic E-state index is -4.76. The van der Waals surface area contributed by atoms with E-state index in [0.717, 1.165) is 17.0 Å². The van der Waals surface area contributed by atoms with Gasteiger partial charge in [0, 0.05) is 12.3 Å². The van der Waals surface area contributed by atoms with Crippen molar-refractivity contribution in [2.75, 3.05) is 4.90 Å². The van der Waals surface area contributed by atoms with E-state index in [9.17, 15) is 22.4 Å². The second-order valence-electron chi connectivity index (χ2n) is 9.07. The lowest BCUT2D eigenvalue weighted by Gasteiger charge is -2.22. The number of rotatable bonds is 7. The molecule has 4 nitrogen and oxygen atoms in total. The third-order valence-corrected chi connectivity index (χ3v) is 6.87. The summed E-state index contributed by atoms with van der Waals surface area (Å²) in [6.07, 6.45) is -2.54. The molecule has 1 amide bonds. The summed E-state index contributed by atoms with van der Waals surface area (Å²) in [5, 5.41) is 17.7. The van der Waals surface area contributed by atoms with Crippen LogP contribution in [0.3, 0.4) is 0 Å². The first-order chi connectivity index (χ1) is 16.4. The van der Waals surface area contributed by atoms with Crippen LogP contribution in [0.25, 0.3) is 0 Å². The fraction of sp³-hybridized carbons (Fsp3) is 0.385. The molecule has 182 valence electrons. The van der Waals surface area contributed by atoms with Gasteiger partial charge in [-0.1, -0.05) is 38.2 Å². The SMILES string of the molecule is CC1(C)C(=O)N(c2ccc(C#N)c(C(F)(F)F)c2)C(=S)C1CCc1ccc(CCCC#N)c(F)c1. The molecule has 0 aromatic heterocycles. The number of benzene rings is 2. The molecule has 1 saturated heterocycles. The van der Waals surface area contributed by atoms with Crippen molar-refractivity contribution < 1.29 is 22.4 Å². The van der Waals surface area contributed by atoms with E-state index < -0.39 is 34.5 Å². The standard InChI is InChI=1S/C26H23F4N3OS/c1-25(2)20(11-7-16-6-8-17(22(27)13-16)5-3-4-12-31)23(35)33(24(25)34)19-10-9-18(15-32)21(14-19)26(28,29)30/h6,8-10,13-14,20H,3-5,7,11H2,1-2H3. The van der Waals surface area contributed by atoms with E-state index in [1.165, 1.54) is 18.2 Å². The van der Waals surface area contributed by atoms with Gasteiger partial charge in [0.05, 0.1) is 39.4 Å². The van der Waals surface area contributed by atoms with Gasteiger partial charge in [0.1, 0.15) is 5.82 Å². The van der Waals surface area contributed by atoms with Gasteiger partial charge < -0.3 is 0 Å². The lowest BCUT2D eigenvalue weighted by atomic mass is 9.78. The molecule has 1 fully saturated rings. The van der Waals surface area contributed by atoms with Crippen LogP contribution in [0.2, 0.25) is 0 Å². The maximum atomic E-state index is 14.5. The maximum absolute atomic E-state index is 14.5. The Bertz CT molecular complexity index is 1240. The zero-order chi connectivity index (χ0) is 26.0.